The average Bonchev–Trinajstić information content (AvgIpc) is 2.66. The lowest BCUT2D eigenvalue weighted by molar-refractivity contribution is 0.589. The van der Waals surface area contributed by atoms with Gasteiger partial charge >= 0.3 is 0 Å². The molecule has 1 aromatic heterocycles. The summed E-state index contributed by atoms with van der Waals surface area (Å²) in [7, 11) is 0. The first-order valence-electron chi connectivity index (χ1n) is 10.3. The Balaban J connectivity index is 2.00. The largest absolute Gasteiger partial charge is 0.256 e. The Morgan fingerprint density at radius 3 is 1.82 bits per heavy atom. The molecule has 0 unspecified atom stereocenters. The molecule has 3 rings (SSSR count). The Morgan fingerprint density at radius 1 is 0.679 bits per heavy atom. The number of hydrogen-bond donors (Lipinski definition) is 0. The first kappa shape index (κ1) is 20.3. The van der Waals surface area contributed by atoms with Gasteiger partial charge in [0, 0.05) is 11.8 Å². The molecule has 1 nitrogen and oxygen atoms in total. The normalized spacial score (nSPS) is 12.2. The number of pyridine rings is 1. The first-order valence-corrected chi connectivity index (χ1v) is 10.3. The van der Waals surface area contributed by atoms with Gasteiger partial charge in [0.2, 0.25) is 0 Å². The van der Waals surface area contributed by atoms with Crippen LogP contribution in [0.3, 0.4) is 0 Å². The van der Waals surface area contributed by atoms with Crippen LogP contribution in [-0.4, -0.2) is 4.98 Å². The molecule has 0 fully saturated rings. The van der Waals surface area contributed by atoms with Gasteiger partial charge in [-0.2, -0.15) is 0 Å². The lowest BCUT2D eigenvalue weighted by Crippen LogP contribution is -2.11. The number of rotatable bonds is 3. The molecule has 0 saturated heterocycles. The monoisotopic (exact) mass is 371 g/mol. The molecule has 1 heterocycles. The Morgan fingerprint density at radius 2 is 1.25 bits per heavy atom. The van der Waals surface area contributed by atoms with E-state index in [4.69, 9.17) is 0 Å². The van der Waals surface area contributed by atoms with Gasteiger partial charge in [-0.1, -0.05) is 90.9 Å². The number of benzene rings is 2. The van der Waals surface area contributed by atoms with E-state index in [1.807, 2.05) is 6.20 Å². The summed E-state index contributed by atoms with van der Waals surface area (Å²) in [5.41, 5.74) is 9.19. The Kier molecular flexibility index (Phi) is 5.48. The number of aryl methyl sites for hydroxylation is 1. The predicted molar refractivity (Wildman–Crippen MR) is 122 cm³/mol. The minimum Gasteiger partial charge on any atom is -0.256 e. The average molecular weight is 372 g/mol. The third kappa shape index (κ3) is 4.35. The van der Waals surface area contributed by atoms with Crippen molar-refractivity contribution < 1.29 is 0 Å². The van der Waals surface area contributed by atoms with Gasteiger partial charge in [-0.05, 0) is 57.2 Å². The molecule has 0 N–H and O–H groups in total. The van der Waals surface area contributed by atoms with Gasteiger partial charge in [-0.25, -0.2) is 0 Å². The second-order valence-corrected chi connectivity index (χ2v) is 9.73. The summed E-state index contributed by atoms with van der Waals surface area (Å²) in [6.45, 7) is 15.8. The SMILES string of the molecule is CCc1ccc(C(C)(C)C)cc1-c1ccc(-c2cc(C(C)(C)C)ccn2)cc1. The van der Waals surface area contributed by atoms with Crippen LogP contribution in [-0.2, 0) is 17.3 Å². The summed E-state index contributed by atoms with van der Waals surface area (Å²) in [5, 5.41) is 0. The zero-order valence-electron chi connectivity index (χ0n) is 18.4. The van der Waals surface area contributed by atoms with Crippen LogP contribution in [0.4, 0.5) is 0 Å². The van der Waals surface area contributed by atoms with E-state index in [9.17, 15) is 0 Å². The molecular weight excluding hydrogens is 338 g/mol. The number of aromatic nitrogens is 1. The number of nitrogens with zero attached hydrogens (tertiary/aromatic N) is 1. The van der Waals surface area contributed by atoms with Crippen LogP contribution < -0.4 is 0 Å². The van der Waals surface area contributed by atoms with Crippen LogP contribution in [0.15, 0.2) is 60.8 Å². The van der Waals surface area contributed by atoms with Crippen LogP contribution in [0, 0.1) is 0 Å². The zero-order valence-corrected chi connectivity index (χ0v) is 18.4. The van der Waals surface area contributed by atoms with Crippen molar-refractivity contribution in [3.8, 4) is 22.4 Å². The van der Waals surface area contributed by atoms with Crippen LogP contribution in [0.1, 0.15) is 65.2 Å². The van der Waals surface area contributed by atoms with Crippen LogP contribution in [0.5, 0.6) is 0 Å². The minimum atomic E-state index is 0.126. The van der Waals surface area contributed by atoms with Gasteiger partial charge in [-0.3, -0.25) is 4.98 Å². The van der Waals surface area contributed by atoms with E-state index in [1.165, 1.54) is 33.4 Å². The topological polar surface area (TPSA) is 12.9 Å². The molecule has 0 aliphatic rings. The van der Waals surface area contributed by atoms with Crippen molar-refractivity contribution in [2.24, 2.45) is 0 Å². The fraction of sp³-hybridized carbons (Fsp3) is 0.370. The highest BCUT2D eigenvalue weighted by Gasteiger charge is 2.17. The summed E-state index contributed by atoms with van der Waals surface area (Å²) in [4.78, 5) is 4.61. The first-order chi connectivity index (χ1) is 13.1. The van der Waals surface area contributed by atoms with Crippen molar-refractivity contribution in [2.75, 3.05) is 0 Å². The highest BCUT2D eigenvalue weighted by atomic mass is 14.7. The molecule has 0 aliphatic carbocycles. The summed E-state index contributed by atoms with van der Waals surface area (Å²) in [5.74, 6) is 0. The molecule has 2 aromatic carbocycles. The fourth-order valence-electron chi connectivity index (χ4n) is 3.50. The van der Waals surface area contributed by atoms with Crippen molar-refractivity contribution in [1.82, 2.24) is 4.98 Å². The van der Waals surface area contributed by atoms with Gasteiger partial charge in [0.15, 0.2) is 0 Å². The second kappa shape index (κ2) is 7.54. The third-order valence-corrected chi connectivity index (χ3v) is 5.47. The highest BCUT2D eigenvalue weighted by Crippen LogP contribution is 2.32. The van der Waals surface area contributed by atoms with E-state index in [0.717, 1.165) is 12.1 Å². The molecular formula is C27H33N. The molecule has 28 heavy (non-hydrogen) atoms. The van der Waals surface area contributed by atoms with Gasteiger partial charge in [0.05, 0.1) is 5.69 Å². The maximum absolute atomic E-state index is 4.61. The maximum Gasteiger partial charge on any atom is 0.0704 e. The van der Waals surface area contributed by atoms with Gasteiger partial charge in [0.25, 0.3) is 0 Å². The summed E-state index contributed by atoms with van der Waals surface area (Å²) < 4.78 is 0. The molecule has 146 valence electrons. The molecule has 0 bridgehead atoms. The molecule has 0 spiro atoms. The van der Waals surface area contributed by atoms with Crippen molar-refractivity contribution in [3.05, 3.63) is 77.5 Å². The fourth-order valence-corrected chi connectivity index (χ4v) is 3.50. The molecule has 0 amide bonds. The van der Waals surface area contributed by atoms with Gasteiger partial charge in [0.1, 0.15) is 0 Å². The zero-order chi connectivity index (χ0) is 20.5. The predicted octanol–water partition coefficient (Wildman–Crippen LogP) is 7.57. The van der Waals surface area contributed by atoms with E-state index in [0.29, 0.717) is 0 Å². The lowest BCUT2D eigenvalue weighted by atomic mass is 9.83. The van der Waals surface area contributed by atoms with E-state index in [2.05, 4.69) is 108 Å². The summed E-state index contributed by atoms with van der Waals surface area (Å²) in [6.07, 6.45) is 2.96. The van der Waals surface area contributed by atoms with Crippen molar-refractivity contribution in [3.63, 3.8) is 0 Å². The van der Waals surface area contributed by atoms with E-state index in [1.54, 1.807) is 0 Å². The Hall–Kier alpha value is -2.41. The highest BCUT2D eigenvalue weighted by molar-refractivity contribution is 5.72. The lowest BCUT2D eigenvalue weighted by Gasteiger charge is -2.21. The number of hydrogen-bond acceptors (Lipinski definition) is 1. The third-order valence-electron chi connectivity index (χ3n) is 5.47. The molecule has 3 aromatic rings. The second-order valence-electron chi connectivity index (χ2n) is 9.73. The standard InChI is InChI=1S/C27H33N/c1-8-19-13-14-22(26(2,3)4)17-24(19)20-9-11-21(12-10-20)25-18-23(15-16-28-25)27(5,6)7/h9-18H,8H2,1-7H3. The molecule has 0 radical (unpaired) electrons. The van der Waals surface area contributed by atoms with Crippen LogP contribution in [0.2, 0.25) is 0 Å². The summed E-state index contributed by atoms with van der Waals surface area (Å²) >= 11 is 0. The molecule has 0 aliphatic heterocycles. The molecule has 1 heteroatoms. The van der Waals surface area contributed by atoms with Crippen LogP contribution in [0.25, 0.3) is 22.4 Å². The molecule has 0 saturated carbocycles. The van der Waals surface area contributed by atoms with Crippen molar-refractivity contribution in [2.45, 2.75) is 65.7 Å². The van der Waals surface area contributed by atoms with E-state index >= 15 is 0 Å². The maximum atomic E-state index is 4.61. The van der Waals surface area contributed by atoms with Crippen molar-refractivity contribution in [1.29, 1.82) is 0 Å². The Labute approximate surface area is 170 Å². The Bertz CT molecular complexity index is 951. The van der Waals surface area contributed by atoms with Crippen LogP contribution >= 0.6 is 0 Å². The van der Waals surface area contributed by atoms with Gasteiger partial charge in [-0.15, -0.1) is 0 Å². The summed E-state index contributed by atoms with van der Waals surface area (Å²) in [6, 6.07) is 20.1. The van der Waals surface area contributed by atoms with E-state index < -0.39 is 0 Å². The quantitative estimate of drug-likeness (QED) is 0.462. The minimum absolute atomic E-state index is 0.126. The van der Waals surface area contributed by atoms with E-state index in [-0.39, 0.29) is 10.8 Å². The molecule has 0 atom stereocenters. The van der Waals surface area contributed by atoms with Crippen molar-refractivity contribution >= 4 is 0 Å². The van der Waals surface area contributed by atoms with Gasteiger partial charge < -0.3 is 0 Å². The smallest absolute Gasteiger partial charge is 0.0704 e.